The first-order valence-corrected chi connectivity index (χ1v) is 15.3. The maximum absolute atomic E-state index is 10.7. The predicted molar refractivity (Wildman–Crippen MR) is 142 cm³/mol. The average molecular weight is 800 g/mol. The molecule has 0 saturated heterocycles. The molecule has 0 aromatic carbocycles. The molecule has 0 amide bonds. The normalized spacial score (nSPS) is 22.3. The molecule has 12 nitrogen and oxygen atoms in total. The Balaban J connectivity index is -0.000000108. The van der Waals surface area contributed by atoms with Crippen molar-refractivity contribution in [2.24, 2.45) is 0 Å². The molecule has 2 saturated carbocycles. The summed E-state index contributed by atoms with van der Waals surface area (Å²) in [4.78, 5) is 9.52. The SMILES string of the molecule is CN(C)[C@@H]1CCCC[C@H]1N(C)C.CN(C)[C@H]1CCCC[C@@H]1N(C)C.O=S(=O)([O-])C(F)(F)F.O=S(=O)([O-])C(F)(F)F.[Cu+2].[Cu+2].[OH-].[OH-]. The number of hydrogen-bond acceptors (Lipinski definition) is 12. The van der Waals surface area contributed by atoms with Gasteiger partial charge >= 0.3 is 45.2 Å². The van der Waals surface area contributed by atoms with Crippen molar-refractivity contribution in [3.05, 3.63) is 0 Å². The number of alkyl halides is 6. The van der Waals surface area contributed by atoms with E-state index in [0.717, 1.165) is 24.2 Å². The van der Waals surface area contributed by atoms with Crippen molar-refractivity contribution in [1.82, 2.24) is 19.6 Å². The quantitative estimate of drug-likeness (QED) is 0.175. The van der Waals surface area contributed by atoms with Crippen LogP contribution in [0.15, 0.2) is 0 Å². The van der Waals surface area contributed by atoms with Crippen LogP contribution in [-0.2, 0) is 54.4 Å². The zero-order valence-corrected chi connectivity index (χ0v) is 29.3. The van der Waals surface area contributed by atoms with Gasteiger partial charge in [-0.2, -0.15) is 26.3 Å². The van der Waals surface area contributed by atoms with E-state index in [9.17, 15) is 26.3 Å². The Kier molecular flexibility index (Phi) is 31.3. The third-order valence-electron chi connectivity index (χ3n) is 6.61. The Bertz CT molecular complexity index is 825. The molecule has 0 spiro atoms. The minimum absolute atomic E-state index is 0. The number of hydrogen-bond donors (Lipinski definition) is 0. The Morgan fingerprint density at radius 1 is 0.477 bits per heavy atom. The number of likely N-dealkylation sites (N-methyl/N-ethyl adjacent to an activating group) is 4. The maximum Gasteiger partial charge on any atom is 2.00 e. The summed E-state index contributed by atoms with van der Waals surface area (Å²) in [6.07, 6.45) is 11.1. The van der Waals surface area contributed by atoms with Crippen molar-refractivity contribution in [2.75, 3.05) is 56.4 Å². The number of nitrogens with zero attached hydrogens (tertiary/aromatic N) is 4. The van der Waals surface area contributed by atoms with Crippen molar-refractivity contribution >= 4 is 20.2 Å². The minimum atomic E-state index is -6.09. The van der Waals surface area contributed by atoms with Gasteiger partial charge in [0.2, 0.25) is 0 Å². The molecule has 2 N–H and O–H groups in total. The van der Waals surface area contributed by atoms with Crippen LogP contribution in [-0.4, -0.2) is 148 Å². The molecule has 0 aliphatic heterocycles. The fourth-order valence-corrected chi connectivity index (χ4v) is 4.59. The molecular weight excluding hydrogens is 753 g/mol. The molecule has 44 heavy (non-hydrogen) atoms. The average Bonchev–Trinajstić information content (AvgIpc) is 2.77. The van der Waals surface area contributed by atoms with Gasteiger partial charge < -0.3 is 39.7 Å². The van der Waals surface area contributed by atoms with Crippen LogP contribution >= 0.6 is 0 Å². The monoisotopic (exact) mass is 798 g/mol. The van der Waals surface area contributed by atoms with Crippen LogP contribution in [0.25, 0.3) is 0 Å². The maximum atomic E-state index is 10.7. The standard InChI is InChI=1S/2C10H22N2.2CHF3O3S.2Cu.2H2O/c2*1-11(2)9-7-5-6-8-10(9)12(3)4;2*2-1(3,4)8(5,6)7;;;;/h2*9-10H,5-8H2,1-4H3;2*(H,5,6,7);;;2*1H2/q;;;;2*+2;;/p-4/t2*9-,10-;;;;;;/m10....../s1. The van der Waals surface area contributed by atoms with E-state index in [2.05, 4.69) is 76.0 Å². The van der Waals surface area contributed by atoms with Crippen molar-refractivity contribution in [2.45, 2.75) is 86.6 Å². The topological polar surface area (TPSA) is 187 Å². The zero-order valence-electron chi connectivity index (χ0n) is 25.8. The molecule has 2 aliphatic rings. The first-order valence-electron chi connectivity index (χ1n) is 12.5. The van der Waals surface area contributed by atoms with Crippen molar-refractivity contribution in [3.8, 4) is 0 Å². The van der Waals surface area contributed by atoms with Crippen molar-refractivity contribution in [1.29, 1.82) is 0 Å². The molecule has 2 fully saturated rings. The molecule has 0 bridgehead atoms. The van der Waals surface area contributed by atoms with Gasteiger partial charge in [-0.1, -0.05) is 25.7 Å². The molecule has 0 heterocycles. The summed E-state index contributed by atoms with van der Waals surface area (Å²) in [7, 11) is 5.43. The minimum Gasteiger partial charge on any atom is -0.870 e. The number of halogens is 6. The smallest absolute Gasteiger partial charge is 0.870 e. The van der Waals surface area contributed by atoms with Gasteiger partial charge in [-0.3, -0.25) is 0 Å². The van der Waals surface area contributed by atoms with Crippen LogP contribution in [0.1, 0.15) is 51.4 Å². The molecular formula is C22H46Cu2F6N4O8S2. The molecule has 0 aromatic heterocycles. The van der Waals surface area contributed by atoms with Crippen LogP contribution in [0, 0.1) is 0 Å². The third kappa shape index (κ3) is 22.7. The van der Waals surface area contributed by atoms with E-state index in [1.807, 2.05) is 0 Å². The predicted octanol–water partition coefficient (Wildman–Crippen LogP) is 2.59. The van der Waals surface area contributed by atoms with E-state index >= 15 is 0 Å². The Morgan fingerprint density at radius 3 is 0.659 bits per heavy atom. The number of rotatable bonds is 4. The summed E-state index contributed by atoms with van der Waals surface area (Å²) in [5.74, 6) is 0. The van der Waals surface area contributed by atoms with E-state index in [-0.39, 0.29) is 45.1 Å². The first-order chi connectivity index (χ1) is 17.8. The van der Waals surface area contributed by atoms with Crippen LogP contribution < -0.4 is 0 Å². The largest absolute Gasteiger partial charge is 2.00 e. The summed E-state index contributed by atoms with van der Waals surface area (Å²) in [6, 6.07) is 3.09. The second kappa shape index (κ2) is 24.4. The van der Waals surface area contributed by atoms with Crippen LogP contribution in [0.5, 0.6) is 0 Å². The van der Waals surface area contributed by atoms with E-state index in [4.69, 9.17) is 25.9 Å². The Labute approximate surface area is 279 Å². The second-order valence-electron chi connectivity index (χ2n) is 10.5. The fourth-order valence-electron chi connectivity index (χ4n) is 4.59. The Morgan fingerprint density at radius 2 is 0.591 bits per heavy atom. The molecule has 22 heteroatoms. The first kappa shape index (κ1) is 56.5. The Hall–Kier alpha value is 0.199. The fraction of sp³-hybridized carbons (Fsp3) is 1.00. The van der Waals surface area contributed by atoms with Gasteiger partial charge in [0, 0.05) is 24.2 Å². The van der Waals surface area contributed by atoms with Crippen LogP contribution in [0.4, 0.5) is 26.3 Å². The summed E-state index contributed by atoms with van der Waals surface area (Å²) in [6.45, 7) is 0. The van der Waals surface area contributed by atoms with Crippen LogP contribution in [0.3, 0.4) is 0 Å². The van der Waals surface area contributed by atoms with Crippen molar-refractivity contribution in [3.63, 3.8) is 0 Å². The summed E-state index contributed by atoms with van der Waals surface area (Å²) in [5.41, 5.74) is -11.3. The molecule has 2 aliphatic carbocycles. The molecule has 278 valence electrons. The third-order valence-corrected chi connectivity index (χ3v) is 7.74. The molecule has 2 radical (unpaired) electrons. The van der Waals surface area contributed by atoms with E-state index < -0.39 is 31.3 Å². The van der Waals surface area contributed by atoms with Gasteiger partial charge in [-0.25, -0.2) is 16.8 Å². The van der Waals surface area contributed by atoms with E-state index in [1.54, 1.807) is 0 Å². The molecule has 0 unspecified atom stereocenters. The summed E-state index contributed by atoms with van der Waals surface area (Å²) in [5, 5.41) is 0. The van der Waals surface area contributed by atoms with E-state index in [0.29, 0.717) is 0 Å². The van der Waals surface area contributed by atoms with Crippen molar-refractivity contribution < 1.29 is 97.4 Å². The van der Waals surface area contributed by atoms with Gasteiger partial charge in [0.05, 0.1) is 0 Å². The molecule has 0 aromatic rings. The van der Waals surface area contributed by atoms with Gasteiger partial charge in [0.1, 0.15) is 0 Å². The van der Waals surface area contributed by atoms with E-state index in [1.165, 1.54) is 51.4 Å². The summed E-state index contributed by atoms with van der Waals surface area (Å²) >= 11 is 0. The zero-order chi connectivity index (χ0) is 32.3. The second-order valence-corrected chi connectivity index (χ2v) is 13.2. The van der Waals surface area contributed by atoms with Gasteiger partial charge in [0.15, 0.2) is 20.2 Å². The van der Waals surface area contributed by atoms with Crippen LogP contribution in [0.2, 0.25) is 0 Å². The van der Waals surface area contributed by atoms with Gasteiger partial charge in [-0.15, -0.1) is 0 Å². The van der Waals surface area contributed by atoms with Gasteiger partial charge in [-0.05, 0) is 82.1 Å². The molecule has 4 atom stereocenters. The molecule has 2 rings (SSSR count). The summed E-state index contributed by atoms with van der Waals surface area (Å²) < 4.78 is 118. The van der Waals surface area contributed by atoms with Gasteiger partial charge in [0.25, 0.3) is 0 Å².